The van der Waals surface area contributed by atoms with Crippen LogP contribution in [0.25, 0.3) is 16.9 Å². The van der Waals surface area contributed by atoms with Crippen molar-refractivity contribution in [1.29, 1.82) is 0 Å². The fraction of sp³-hybridized carbons (Fsp3) is 0.111. The lowest BCUT2D eigenvalue weighted by Gasteiger charge is -2.18. The first-order valence-corrected chi connectivity index (χ1v) is 8.39. The molecule has 0 radical (unpaired) electrons. The maximum absolute atomic E-state index is 12.0. The molecule has 0 atom stereocenters. The van der Waals surface area contributed by atoms with Gasteiger partial charge in [-0.05, 0) is 30.2 Å². The van der Waals surface area contributed by atoms with Gasteiger partial charge in [-0.3, -0.25) is 10.1 Å². The molecule has 9 heteroatoms. The van der Waals surface area contributed by atoms with Gasteiger partial charge in [0, 0.05) is 12.2 Å². The third-order valence-electron chi connectivity index (χ3n) is 4.66. The molecule has 3 heterocycles. The number of fused-ring (bicyclic) bond motifs is 2. The van der Waals surface area contributed by atoms with Gasteiger partial charge in [0.1, 0.15) is 11.8 Å². The number of hydrogen-bond acceptors (Lipinski definition) is 7. The van der Waals surface area contributed by atoms with Gasteiger partial charge < -0.3 is 4.90 Å². The summed E-state index contributed by atoms with van der Waals surface area (Å²) < 4.78 is 1.39. The van der Waals surface area contributed by atoms with Crippen LogP contribution in [-0.2, 0) is 6.42 Å². The van der Waals surface area contributed by atoms with E-state index in [9.17, 15) is 10.1 Å². The number of hydrogen-bond donors (Lipinski definition) is 0. The number of rotatable bonds is 3. The molecule has 0 bridgehead atoms. The quantitative estimate of drug-likeness (QED) is 0.409. The predicted molar refractivity (Wildman–Crippen MR) is 98.3 cm³/mol. The fourth-order valence-electron chi connectivity index (χ4n) is 3.46. The van der Waals surface area contributed by atoms with E-state index >= 15 is 0 Å². The molecule has 1 aliphatic rings. The lowest BCUT2D eigenvalue weighted by molar-refractivity contribution is -0.384. The molecule has 0 fully saturated rings. The average molecular weight is 359 g/mol. The Morgan fingerprint density at radius 3 is 2.67 bits per heavy atom. The zero-order valence-corrected chi connectivity index (χ0v) is 14.1. The van der Waals surface area contributed by atoms with Gasteiger partial charge in [0.2, 0.25) is 11.6 Å². The third kappa shape index (κ3) is 2.32. The van der Waals surface area contributed by atoms with Crippen molar-refractivity contribution in [3.63, 3.8) is 0 Å². The van der Waals surface area contributed by atoms with Crippen LogP contribution in [0.15, 0.2) is 54.9 Å². The van der Waals surface area contributed by atoms with E-state index < -0.39 is 4.92 Å². The van der Waals surface area contributed by atoms with Gasteiger partial charge in [0.15, 0.2) is 0 Å². The Hall–Kier alpha value is -3.88. The van der Waals surface area contributed by atoms with E-state index in [4.69, 9.17) is 0 Å². The molecule has 2 aromatic carbocycles. The highest BCUT2D eigenvalue weighted by Crippen LogP contribution is 2.39. The van der Waals surface area contributed by atoms with Crippen molar-refractivity contribution in [2.75, 3.05) is 11.4 Å². The summed E-state index contributed by atoms with van der Waals surface area (Å²) in [4.78, 5) is 21.8. The zero-order chi connectivity index (χ0) is 18.4. The minimum atomic E-state index is -0.456. The van der Waals surface area contributed by atoms with Gasteiger partial charge in [0.05, 0.1) is 10.4 Å². The summed E-state index contributed by atoms with van der Waals surface area (Å²) in [7, 11) is 0. The second-order valence-electron chi connectivity index (χ2n) is 6.15. The second-order valence-corrected chi connectivity index (χ2v) is 6.15. The van der Waals surface area contributed by atoms with Crippen molar-refractivity contribution in [2.24, 2.45) is 0 Å². The summed E-state index contributed by atoms with van der Waals surface area (Å²) in [5, 5.41) is 20.1. The SMILES string of the molecule is O=[N+]([O-])c1c(N2CCc3ccccc32)ncnc1-n1nnc2ccccc21. The van der Waals surface area contributed by atoms with E-state index in [0.717, 1.165) is 17.7 Å². The number of benzene rings is 2. The molecule has 2 aromatic heterocycles. The summed E-state index contributed by atoms with van der Waals surface area (Å²) in [6.07, 6.45) is 2.13. The van der Waals surface area contributed by atoms with E-state index in [1.165, 1.54) is 11.0 Å². The van der Waals surface area contributed by atoms with E-state index in [-0.39, 0.29) is 17.3 Å². The standard InChI is InChI=1S/C18H13N7O2/c26-25(27)16-17(23-10-9-12-5-1-3-7-14(12)23)19-11-20-18(16)24-15-8-4-2-6-13(15)21-22-24/h1-8,11H,9-10H2. The lowest BCUT2D eigenvalue weighted by atomic mass is 10.2. The Balaban J connectivity index is 1.73. The van der Waals surface area contributed by atoms with E-state index in [1.54, 1.807) is 12.1 Å². The topological polar surface area (TPSA) is 103 Å². The molecule has 0 saturated carbocycles. The molecule has 27 heavy (non-hydrogen) atoms. The molecule has 1 aliphatic heterocycles. The molecule has 0 N–H and O–H groups in total. The summed E-state index contributed by atoms with van der Waals surface area (Å²) in [6.45, 7) is 0.620. The summed E-state index contributed by atoms with van der Waals surface area (Å²) >= 11 is 0. The van der Waals surface area contributed by atoms with Crippen LogP contribution in [-0.4, -0.2) is 36.4 Å². The van der Waals surface area contributed by atoms with Crippen LogP contribution >= 0.6 is 0 Å². The molecule has 0 amide bonds. The normalized spacial score (nSPS) is 13.1. The highest BCUT2D eigenvalue weighted by Gasteiger charge is 2.32. The smallest absolute Gasteiger partial charge is 0.320 e. The molecule has 132 valence electrons. The van der Waals surface area contributed by atoms with E-state index in [1.807, 2.05) is 41.3 Å². The van der Waals surface area contributed by atoms with Gasteiger partial charge in [0.25, 0.3) is 0 Å². The van der Waals surface area contributed by atoms with Crippen molar-refractivity contribution in [1.82, 2.24) is 25.0 Å². The average Bonchev–Trinajstić information content (AvgIpc) is 3.31. The molecule has 4 aromatic rings. The first kappa shape index (κ1) is 15.4. The van der Waals surface area contributed by atoms with E-state index in [2.05, 4.69) is 20.3 Å². The van der Waals surface area contributed by atoms with Crippen LogP contribution in [0.4, 0.5) is 17.2 Å². The highest BCUT2D eigenvalue weighted by molar-refractivity contribution is 5.80. The van der Waals surface area contributed by atoms with Gasteiger partial charge in [-0.15, -0.1) is 5.10 Å². The molecule has 9 nitrogen and oxygen atoms in total. The highest BCUT2D eigenvalue weighted by atomic mass is 16.6. The Labute approximate surface area is 153 Å². The van der Waals surface area contributed by atoms with E-state index in [0.29, 0.717) is 17.6 Å². The Morgan fingerprint density at radius 1 is 1.00 bits per heavy atom. The molecule has 5 rings (SSSR count). The first-order valence-electron chi connectivity index (χ1n) is 8.39. The van der Waals surface area contributed by atoms with Gasteiger partial charge >= 0.3 is 5.69 Å². The van der Waals surface area contributed by atoms with Gasteiger partial charge in [-0.25, -0.2) is 9.97 Å². The lowest BCUT2D eigenvalue weighted by Crippen LogP contribution is -2.18. The summed E-state index contributed by atoms with van der Waals surface area (Å²) in [5.74, 6) is 0.359. The van der Waals surface area contributed by atoms with Crippen molar-refractivity contribution >= 4 is 28.2 Å². The zero-order valence-electron chi connectivity index (χ0n) is 14.1. The van der Waals surface area contributed by atoms with Crippen LogP contribution in [0, 0.1) is 10.1 Å². The number of anilines is 2. The Morgan fingerprint density at radius 2 is 1.78 bits per heavy atom. The molecular formula is C18H13N7O2. The first-order chi connectivity index (χ1) is 13.2. The number of nitrogens with zero attached hydrogens (tertiary/aromatic N) is 7. The largest absolute Gasteiger partial charge is 0.356 e. The molecule has 0 unspecified atom stereocenters. The summed E-state index contributed by atoms with van der Waals surface area (Å²) in [6, 6.07) is 15.1. The van der Waals surface area contributed by atoms with Crippen molar-refractivity contribution < 1.29 is 4.92 Å². The Kier molecular flexibility index (Phi) is 3.32. The Bertz CT molecular complexity index is 1190. The molecule has 0 aliphatic carbocycles. The van der Waals surface area contributed by atoms with Gasteiger partial charge in [-0.1, -0.05) is 35.5 Å². The minimum absolute atomic E-state index is 0.100. The monoisotopic (exact) mass is 359 g/mol. The van der Waals surface area contributed by atoms with Crippen LogP contribution < -0.4 is 4.90 Å². The second kappa shape index (κ2) is 5.84. The molecule has 0 spiro atoms. The third-order valence-corrected chi connectivity index (χ3v) is 4.66. The maximum Gasteiger partial charge on any atom is 0.356 e. The van der Waals surface area contributed by atoms with Crippen LogP contribution in [0.5, 0.6) is 0 Å². The maximum atomic E-state index is 12.0. The molecule has 0 saturated heterocycles. The van der Waals surface area contributed by atoms with Crippen LogP contribution in [0.3, 0.4) is 0 Å². The number of nitro groups is 1. The van der Waals surface area contributed by atoms with Crippen molar-refractivity contribution in [3.8, 4) is 5.82 Å². The van der Waals surface area contributed by atoms with Crippen LogP contribution in [0.1, 0.15) is 5.56 Å². The predicted octanol–water partition coefficient (Wildman–Crippen LogP) is 2.81. The molecular weight excluding hydrogens is 346 g/mol. The fourth-order valence-corrected chi connectivity index (χ4v) is 3.46. The minimum Gasteiger partial charge on any atom is -0.320 e. The number of para-hydroxylation sites is 2. The summed E-state index contributed by atoms with van der Waals surface area (Å²) in [5.41, 5.74) is 3.15. The van der Waals surface area contributed by atoms with Crippen molar-refractivity contribution in [3.05, 3.63) is 70.5 Å². The van der Waals surface area contributed by atoms with Gasteiger partial charge in [-0.2, -0.15) is 4.68 Å². The van der Waals surface area contributed by atoms with Crippen LogP contribution in [0.2, 0.25) is 0 Å². The number of aromatic nitrogens is 5. The van der Waals surface area contributed by atoms with Crippen molar-refractivity contribution in [2.45, 2.75) is 6.42 Å².